The van der Waals surface area contributed by atoms with E-state index >= 15 is 0 Å². The van der Waals surface area contributed by atoms with Crippen LogP contribution in [-0.4, -0.2) is 23.3 Å². The lowest BCUT2D eigenvalue weighted by atomic mass is 10.1. The number of aryl methyl sites for hydroxylation is 2. The summed E-state index contributed by atoms with van der Waals surface area (Å²) in [5.41, 5.74) is 3.86. The van der Waals surface area contributed by atoms with Crippen molar-refractivity contribution < 1.29 is 9.59 Å². The first-order chi connectivity index (χ1) is 11.9. The van der Waals surface area contributed by atoms with Crippen LogP contribution < -0.4 is 5.32 Å². The number of rotatable bonds is 4. The molecule has 2 aromatic carbocycles. The zero-order valence-corrected chi connectivity index (χ0v) is 15.1. The molecule has 1 aliphatic heterocycles. The van der Waals surface area contributed by atoms with Crippen LogP contribution in [0.15, 0.2) is 42.5 Å². The molecule has 3 rings (SSSR count). The lowest BCUT2D eigenvalue weighted by Crippen LogP contribution is -2.28. The Hall–Kier alpha value is -2.33. The van der Waals surface area contributed by atoms with Crippen molar-refractivity contribution in [1.29, 1.82) is 0 Å². The second-order valence-electron chi connectivity index (χ2n) is 6.57. The zero-order chi connectivity index (χ0) is 18.0. The topological polar surface area (TPSA) is 49.4 Å². The molecular formula is C20H21ClN2O2. The molecule has 0 radical (unpaired) electrons. The number of nitrogens with one attached hydrogen (secondary N) is 1. The number of hydrogen-bond donors (Lipinski definition) is 1. The van der Waals surface area contributed by atoms with Gasteiger partial charge >= 0.3 is 0 Å². The smallest absolute Gasteiger partial charge is 0.229 e. The predicted octanol–water partition coefficient (Wildman–Crippen LogP) is 3.94. The average Bonchev–Trinajstić information content (AvgIpc) is 2.93. The van der Waals surface area contributed by atoms with Crippen molar-refractivity contribution >= 4 is 29.1 Å². The summed E-state index contributed by atoms with van der Waals surface area (Å²) in [6.45, 7) is 4.83. The third-order valence-electron chi connectivity index (χ3n) is 4.54. The lowest BCUT2D eigenvalue weighted by molar-refractivity contribution is -0.128. The maximum Gasteiger partial charge on any atom is 0.229 e. The van der Waals surface area contributed by atoms with Crippen molar-refractivity contribution in [2.75, 3.05) is 11.9 Å². The molecule has 0 saturated carbocycles. The number of carbonyl (C=O) groups is 2. The fraction of sp³-hybridized carbons (Fsp3) is 0.300. The Bertz CT molecular complexity index is 819. The molecule has 1 saturated heterocycles. The van der Waals surface area contributed by atoms with Crippen molar-refractivity contribution in [3.05, 3.63) is 64.2 Å². The number of anilines is 1. The van der Waals surface area contributed by atoms with Crippen molar-refractivity contribution in [3.8, 4) is 0 Å². The number of hydrogen-bond acceptors (Lipinski definition) is 2. The van der Waals surface area contributed by atoms with E-state index in [1.807, 2.05) is 56.3 Å². The molecule has 1 heterocycles. The fourth-order valence-corrected chi connectivity index (χ4v) is 3.32. The number of benzene rings is 2. The van der Waals surface area contributed by atoms with Gasteiger partial charge in [-0.3, -0.25) is 9.59 Å². The molecule has 1 atom stereocenters. The molecule has 0 spiro atoms. The molecule has 4 nitrogen and oxygen atoms in total. The highest BCUT2D eigenvalue weighted by atomic mass is 35.5. The molecule has 0 aromatic heterocycles. The maximum atomic E-state index is 12.5. The summed E-state index contributed by atoms with van der Waals surface area (Å²) >= 11 is 6.17. The number of halogens is 1. The molecule has 0 aliphatic carbocycles. The van der Waals surface area contributed by atoms with Gasteiger partial charge in [-0.25, -0.2) is 0 Å². The van der Waals surface area contributed by atoms with Crippen LogP contribution >= 0.6 is 11.6 Å². The average molecular weight is 357 g/mol. The van der Waals surface area contributed by atoms with Crippen molar-refractivity contribution in [3.63, 3.8) is 0 Å². The third kappa shape index (κ3) is 4.02. The second kappa shape index (κ2) is 7.28. The van der Waals surface area contributed by atoms with Crippen molar-refractivity contribution in [2.45, 2.75) is 26.8 Å². The molecule has 130 valence electrons. The third-order valence-corrected chi connectivity index (χ3v) is 4.91. The van der Waals surface area contributed by atoms with Gasteiger partial charge in [0.2, 0.25) is 11.8 Å². The van der Waals surface area contributed by atoms with Gasteiger partial charge in [-0.05, 0) is 37.1 Å². The van der Waals surface area contributed by atoms with Crippen LogP contribution in [0.2, 0.25) is 5.02 Å². The van der Waals surface area contributed by atoms with E-state index in [9.17, 15) is 9.59 Å². The Balaban J connectivity index is 1.65. The molecule has 0 bridgehead atoms. The second-order valence-corrected chi connectivity index (χ2v) is 6.98. The number of carbonyl (C=O) groups excluding carboxylic acids is 2. The maximum absolute atomic E-state index is 12.5. The Morgan fingerprint density at radius 3 is 2.72 bits per heavy atom. The normalized spacial score (nSPS) is 17.0. The highest BCUT2D eigenvalue weighted by Crippen LogP contribution is 2.25. The molecule has 25 heavy (non-hydrogen) atoms. The van der Waals surface area contributed by atoms with Crippen molar-refractivity contribution in [1.82, 2.24) is 4.90 Å². The molecule has 2 aromatic rings. The molecular weight excluding hydrogens is 336 g/mol. The minimum atomic E-state index is -0.337. The SMILES string of the molecule is Cc1ccc(NC(=O)C2CC(=O)N(Cc3ccccc3Cl)C2)c(C)c1. The largest absolute Gasteiger partial charge is 0.337 e. The van der Waals surface area contributed by atoms with Crippen LogP contribution in [0.5, 0.6) is 0 Å². The van der Waals surface area contributed by atoms with E-state index in [1.165, 1.54) is 0 Å². The molecule has 2 amide bonds. The monoisotopic (exact) mass is 356 g/mol. The van der Waals surface area contributed by atoms with Gasteiger partial charge in [0.25, 0.3) is 0 Å². The van der Waals surface area contributed by atoms with E-state index in [4.69, 9.17) is 11.6 Å². The first kappa shape index (κ1) is 17.5. The highest BCUT2D eigenvalue weighted by molar-refractivity contribution is 6.31. The van der Waals surface area contributed by atoms with Gasteiger partial charge in [-0.2, -0.15) is 0 Å². The van der Waals surface area contributed by atoms with Gasteiger partial charge in [-0.15, -0.1) is 0 Å². The number of amides is 2. The Labute approximate surface area is 152 Å². The Morgan fingerprint density at radius 1 is 1.24 bits per heavy atom. The summed E-state index contributed by atoms with van der Waals surface area (Å²) in [4.78, 5) is 26.5. The van der Waals surface area contributed by atoms with E-state index in [1.54, 1.807) is 4.90 Å². The summed E-state index contributed by atoms with van der Waals surface area (Å²) in [5, 5.41) is 3.59. The van der Waals surface area contributed by atoms with E-state index in [2.05, 4.69) is 5.32 Å². The van der Waals surface area contributed by atoms with Crippen LogP contribution in [0, 0.1) is 19.8 Å². The lowest BCUT2D eigenvalue weighted by Gasteiger charge is -2.17. The van der Waals surface area contributed by atoms with Crippen LogP contribution in [0.3, 0.4) is 0 Å². The first-order valence-corrected chi connectivity index (χ1v) is 8.71. The van der Waals surface area contributed by atoms with E-state index in [0.29, 0.717) is 18.1 Å². The van der Waals surface area contributed by atoms with Crippen LogP contribution in [0.4, 0.5) is 5.69 Å². The molecule has 1 aliphatic rings. The Morgan fingerprint density at radius 2 is 2.00 bits per heavy atom. The minimum Gasteiger partial charge on any atom is -0.337 e. The number of nitrogens with zero attached hydrogens (tertiary/aromatic N) is 1. The fourth-order valence-electron chi connectivity index (χ4n) is 3.12. The summed E-state index contributed by atoms with van der Waals surface area (Å²) in [6, 6.07) is 13.4. The summed E-state index contributed by atoms with van der Waals surface area (Å²) in [6.07, 6.45) is 0.237. The van der Waals surface area contributed by atoms with E-state index in [0.717, 1.165) is 22.4 Å². The van der Waals surface area contributed by atoms with Crippen LogP contribution in [0.1, 0.15) is 23.1 Å². The van der Waals surface area contributed by atoms with Gasteiger partial charge in [0.15, 0.2) is 0 Å². The zero-order valence-electron chi connectivity index (χ0n) is 14.4. The molecule has 1 fully saturated rings. The summed E-state index contributed by atoms with van der Waals surface area (Å²) < 4.78 is 0. The van der Waals surface area contributed by atoms with E-state index < -0.39 is 0 Å². The quantitative estimate of drug-likeness (QED) is 0.901. The standard InChI is InChI=1S/C20H21ClN2O2/c1-13-7-8-18(14(2)9-13)22-20(25)16-10-19(24)23(12-16)11-15-5-3-4-6-17(15)21/h3-9,16H,10-12H2,1-2H3,(H,22,25). The predicted molar refractivity (Wildman–Crippen MR) is 99.5 cm³/mol. The summed E-state index contributed by atoms with van der Waals surface area (Å²) in [7, 11) is 0. The van der Waals surface area contributed by atoms with Crippen LogP contribution in [-0.2, 0) is 16.1 Å². The van der Waals surface area contributed by atoms with E-state index in [-0.39, 0.29) is 24.2 Å². The summed E-state index contributed by atoms with van der Waals surface area (Å²) in [5.74, 6) is -0.460. The molecule has 1 N–H and O–H groups in total. The van der Waals surface area contributed by atoms with Gasteiger partial charge < -0.3 is 10.2 Å². The van der Waals surface area contributed by atoms with Gasteiger partial charge in [0.05, 0.1) is 5.92 Å². The molecule has 1 unspecified atom stereocenters. The van der Waals surface area contributed by atoms with Gasteiger partial charge in [0, 0.05) is 30.2 Å². The van der Waals surface area contributed by atoms with Crippen molar-refractivity contribution in [2.24, 2.45) is 5.92 Å². The highest BCUT2D eigenvalue weighted by Gasteiger charge is 2.34. The van der Waals surface area contributed by atoms with Crippen LogP contribution in [0.25, 0.3) is 0 Å². The minimum absolute atomic E-state index is 0.0132. The first-order valence-electron chi connectivity index (χ1n) is 8.33. The van der Waals surface area contributed by atoms with Gasteiger partial charge in [0.1, 0.15) is 0 Å². The van der Waals surface area contributed by atoms with Gasteiger partial charge in [-0.1, -0.05) is 47.5 Å². The molecule has 5 heteroatoms. The Kier molecular flexibility index (Phi) is 5.09. The number of likely N-dealkylation sites (tertiary alicyclic amines) is 1.